The smallest absolute Gasteiger partial charge is 0.227 e. The number of oxazole rings is 2. The van der Waals surface area contributed by atoms with Crippen LogP contribution in [0.2, 0.25) is 0 Å². The van der Waals surface area contributed by atoms with E-state index in [1.165, 1.54) is 4.70 Å². The highest BCUT2D eigenvalue weighted by molar-refractivity contribution is 7.26. The molecule has 0 fully saturated rings. The van der Waals surface area contributed by atoms with E-state index in [1.807, 2.05) is 109 Å². The molecule has 8 aromatic carbocycles. The van der Waals surface area contributed by atoms with Crippen LogP contribution in [-0.2, 0) is 0 Å². The Kier molecular flexibility index (Phi) is 7.57. The van der Waals surface area contributed by atoms with Crippen LogP contribution in [0.5, 0.6) is 0 Å². The van der Waals surface area contributed by atoms with Crippen LogP contribution in [-0.4, -0.2) is 24.9 Å². The average molecular weight is 776 g/mol. The minimum absolute atomic E-state index is 0.563. The number of hydrogen-bond donors (Lipinski definition) is 0. The molecule has 0 spiro atoms. The Hall–Kier alpha value is -7.81. The van der Waals surface area contributed by atoms with Crippen molar-refractivity contribution in [2.24, 2.45) is 0 Å². The summed E-state index contributed by atoms with van der Waals surface area (Å²) in [5.41, 5.74) is 9.77. The zero-order valence-corrected chi connectivity index (χ0v) is 32.0. The Morgan fingerprint density at radius 1 is 0.373 bits per heavy atom. The van der Waals surface area contributed by atoms with Crippen molar-refractivity contribution < 1.29 is 8.83 Å². The first-order valence-electron chi connectivity index (χ1n) is 19.3. The summed E-state index contributed by atoms with van der Waals surface area (Å²) in [4.78, 5) is 25.2. The summed E-state index contributed by atoms with van der Waals surface area (Å²) in [5, 5.41) is 4.39. The van der Waals surface area contributed by atoms with Gasteiger partial charge in [0.05, 0.1) is 0 Å². The van der Waals surface area contributed by atoms with Gasteiger partial charge in [-0.2, -0.15) is 0 Å². The van der Waals surface area contributed by atoms with Crippen LogP contribution in [0.15, 0.2) is 185 Å². The van der Waals surface area contributed by atoms with Gasteiger partial charge in [0, 0.05) is 48.0 Å². The van der Waals surface area contributed by atoms with Crippen LogP contribution in [0.25, 0.3) is 121 Å². The van der Waals surface area contributed by atoms with E-state index in [0.717, 1.165) is 87.4 Å². The molecule has 12 rings (SSSR count). The SMILES string of the molecule is c1ccc(-c2nc3ccc4sc5ccc6ccc(-c7nc(-c8ccc(-c9nc%10ccccc%10o9)cc8)nc(-c8ccccc8-c8ccccc8)n7)cc6c5c4c3o2)cc1. The zero-order chi connectivity index (χ0) is 38.9. The molecule has 0 aliphatic carbocycles. The summed E-state index contributed by atoms with van der Waals surface area (Å²) in [6.07, 6.45) is 0. The van der Waals surface area contributed by atoms with Gasteiger partial charge in [-0.3, -0.25) is 0 Å². The maximum atomic E-state index is 6.58. The van der Waals surface area contributed by atoms with Gasteiger partial charge >= 0.3 is 0 Å². The van der Waals surface area contributed by atoms with Crippen molar-refractivity contribution in [1.82, 2.24) is 24.9 Å². The van der Waals surface area contributed by atoms with E-state index >= 15 is 0 Å². The number of aromatic nitrogens is 5. The van der Waals surface area contributed by atoms with Gasteiger partial charge in [-0.15, -0.1) is 11.3 Å². The molecule has 0 atom stereocenters. The highest BCUT2D eigenvalue weighted by Gasteiger charge is 2.20. The number of thiophene rings is 1. The summed E-state index contributed by atoms with van der Waals surface area (Å²) in [6, 6.07) is 59.6. The number of benzene rings is 8. The predicted octanol–water partition coefficient (Wildman–Crippen LogP) is 13.7. The number of nitrogens with zero attached hydrogens (tertiary/aromatic N) is 5. The molecule has 0 aliphatic rings. The summed E-state index contributed by atoms with van der Waals surface area (Å²) in [7, 11) is 0. The number of para-hydroxylation sites is 2. The van der Waals surface area contributed by atoms with Gasteiger partial charge in [0.15, 0.2) is 28.6 Å². The summed E-state index contributed by atoms with van der Waals surface area (Å²) in [6.45, 7) is 0. The minimum atomic E-state index is 0.563. The Labute approximate surface area is 341 Å². The lowest BCUT2D eigenvalue weighted by molar-refractivity contribution is 0.620. The lowest BCUT2D eigenvalue weighted by atomic mass is 9.99. The van der Waals surface area contributed by atoms with E-state index in [1.54, 1.807) is 11.3 Å². The molecule has 59 heavy (non-hydrogen) atoms. The maximum Gasteiger partial charge on any atom is 0.227 e. The average Bonchev–Trinajstić information content (AvgIpc) is 4.05. The van der Waals surface area contributed by atoms with Crippen LogP contribution in [0, 0.1) is 0 Å². The minimum Gasteiger partial charge on any atom is -0.436 e. The molecule has 0 aliphatic heterocycles. The van der Waals surface area contributed by atoms with Crippen molar-refractivity contribution in [3.63, 3.8) is 0 Å². The van der Waals surface area contributed by atoms with E-state index in [2.05, 4.69) is 66.7 Å². The highest BCUT2D eigenvalue weighted by atomic mass is 32.1. The van der Waals surface area contributed by atoms with Crippen molar-refractivity contribution in [3.05, 3.63) is 176 Å². The Morgan fingerprint density at radius 3 is 1.76 bits per heavy atom. The summed E-state index contributed by atoms with van der Waals surface area (Å²) >= 11 is 1.76. The van der Waals surface area contributed by atoms with Crippen molar-refractivity contribution >= 4 is 64.5 Å². The molecule has 0 radical (unpaired) electrons. The largest absolute Gasteiger partial charge is 0.436 e. The zero-order valence-electron chi connectivity index (χ0n) is 31.2. The predicted molar refractivity (Wildman–Crippen MR) is 238 cm³/mol. The third-order valence-electron chi connectivity index (χ3n) is 10.8. The second kappa shape index (κ2) is 13.4. The number of rotatable bonds is 6. The lowest BCUT2D eigenvalue weighted by Crippen LogP contribution is -2.01. The van der Waals surface area contributed by atoms with Crippen LogP contribution < -0.4 is 0 Å². The van der Waals surface area contributed by atoms with Gasteiger partial charge < -0.3 is 8.83 Å². The first kappa shape index (κ1) is 33.3. The van der Waals surface area contributed by atoms with Crippen molar-refractivity contribution in [2.45, 2.75) is 0 Å². The molecule has 8 heteroatoms. The molecule has 0 unspecified atom stereocenters. The Morgan fingerprint density at radius 2 is 0.949 bits per heavy atom. The van der Waals surface area contributed by atoms with Gasteiger partial charge in [-0.05, 0) is 82.6 Å². The standard InChI is InChI=1S/C51H29N5O2S/c1-3-11-30(12-4-1)36-15-7-8-16-37(36)49-55-47(32-20-22-34(23-21-32)50-52-39-17-9-10-18-41(39)57-50)54-48(56-49)35-24-19-31-25-27-42-44(38(31)29-35)45-43(59-42)28-26-40-46(45)58-51(53-40)33-13-5-2-6-14-33/h1-29H. The second-order valence-electron chi connectivity index (χ2n) is 14.4. The first-order valence-corrected chi connectivity index (χ1v) is 20.1. The van der Waals surface area contributed by atoms with Crippen LogP contribution in [0.1, 0.15) is 0 Å². The van der Waals surface area contributed by atoms with Crippen molar-refractivity contribution in [1.29, 1.82) is 0 Å². The van der Waals surface area contributed by atoms with Crippen LogP contribution in [0.3, 0.4) is 0 Å². The van der Waals surface area contributed by atoms with Gasteiger partial charge in [0.25, 0.3) is 0 Å². The van der Waals surface area contributed by atoms with E-state index in [-0.39, 0.29) is 0 Å². The van der Waals surface area contributed by atoms with Crippen LogP contribution in [0.4, 0.5) is 0 Å². The summed E-state index contributed by atoms with van der Waals surface area (Å²) < 4.78 is 15.0. The molecule has 0 amide bonds. The van der Waals surface area contributed by atoms with E-state index in [9.17, 15) is 0 Å². The molecule has 0 saturated heterocycles. The Bertz CT molecular complexity index is 3520. The topological polar surface area (TPSA) is 90.7 Å². The van der Waals surface area contributed by atoms with Gasteiger partial charge in [-0.25, -0.2) is 24.9 Å². The third-order valence-corrected chi connectivity index (χ3v) is 11.9. The fourth-order valence-electron chi connectivity index (χ4n) is 7.96. The molecular formula is C51H29N5O2S. The Balaban J connectivity index is 1.04. The molecule has 0 bridgehead atoms. The molecule has 0 N–H and O–H groups in total. The van der Waals surface area contributed by atoms with E-state index in [0.29, 0.717) is 29.3 Å². The molecule has 4 aromatic heterocycles. The normalized spacial score (nSPS) is 11.7. The molecule has 4 heterocycles. The highest BCUT2D eigenvalue weighted by Crippen LogP contribution is 2.44. The quantitative estimate of drug-likeness (QED) is 0.166. The molecule has 12 aromatic rings. The molecule has 0 saturated carbocycles. The number of hydrogen-bond acceptors (Lipinski definition) is 8. The lowest BCUT2D eigenvalue weighted by Gasteiger charge is -2.12. The second-order valence-corrected chi connectivity index (χ2v) is 15.5. The van der Waals surface area contributed by atoms with Crippen molar-refractivity contribution in [2.75, 3.05) is 0 Å². The van der Waals surface area contributed by atoms with Gasteiger partial charge in [-0.1, -0.05) is 115 Å². The maximum absolute atomic E-state index is 6.58. The van der Waals surface area contributed by atoms with Gasteiger partial charge in [0.2, 0.25) is 11.8 Å². The fourth-order valence-corrected chi connectivity index (χ4v) is 9.08. The van der Waals surface area contributed by atoms with E-state index in [4.69, 9.17) is 33.8 Å². The monoisotopic (exact) mass is 775 g/mol. The van der Waals surface area contributed by atoms with E-state index < -0.39 is 0 Å². The number of fused-ring (bicyclic) bond motifs is 8. The van der Waals surface area contributed by atoms with Gasteiger partial charge in [0.1, 0.15) is 11.0 Å². The van der Waals surface area contributed by atoms with Crippen LogP contribution >= 0.6 is 11.3 Å². The van der Waals surface area contributed by atoms with Crippen molar-refractivity contribution in [3.8, 4) is 68.2 Å². The third kappa shape index (κ3) is 5.68. The fraction of sp³-hybridized carbons (Fsp3) is 0. The summed E-state index contributed by atoms with van der Waals surface area (Å²) in [5.74, 6) is 2.90. The molecule has 7 nitrogen and oxygen atoms in total. The molecular weight excluding hydrogens is 747 g/mol. The molecule has 276 valence electrons. The first-order chi connectivity index (χ1) is 29.2.